The summed E-state index contributed by atoms with van der Waals surface area (Å²) in [5.41, 5.74) is 0. The molecule has 0 amide bonds. The highest BCUT2D eigenvalue weighted by Crippen LogP contribution is 2.31. The third-order valence-electron chi connectivity index (χ3n) is 0.752. The van der Waals surface area contributed by atoms with E-state index in [1.165, 1.54) is 4.44 Å². The van der Waals surface area contributed by atoms with Crippen LogP contribution in [0.5, 0.6) is 0 Å². The fourth-order valence-corrected chi connectivity index (χ4v) is 0.674. The van der Waals surface area contributed by atoms with Gasteiger partial charge in [0.2, 0.25) is 0 Å². The zero-order valence-corrected chi connectivity index (χ0v) is 9.29. The average Bonchev–Trinajstić information content (AvgIpc) is 1.80. The molecule has 0 aliphatic heterocycles. The summed E-state index contributed by atoms with van der Waals surface area (Å²) >= 11 is 1.89. The fourth-order valence-electron chi connectivity index (χ4n) is 0.301. The van der Waals surface area contributed by atoms with Crippen molar-refractivity contribution >= 4 is 34.7 Å². The van der Waals surface area contributed by atoms with Crippen molar-refractivity contribution in [1.82, 2.24) is 4.44 Å². The van der Waals surface area contributed by atoms with E-state index in [-0.39, 0.29) is 6.54 Å². The van der Waals surface area contributed by atoms with Gasteiger partial charge in [-0.25, -0.2) is 4.39 Å². The van der Waals surface area contributed by atoms with Gasteiger partial charge in [-0.1, -0.05) is 18.8 Å². The van der Waals surface area contributed by atoms with Crippen LogP contribution in [0.3, 0.4) is 0 Å². The van der Waals surface area contributed by atoms with E-state index in [1.54, 1.807) is 0 Å². The van der Waals surface area contributed by atoms with Crippen molar-refractivity contribution in [3.63, 3.8) is 0 Å². The third kappa shape index (κ3) is 6.03. The Morgan fingerprint density at radius 3 is 2.27 bits per heavy atom. The molecule has 2 atom stereocenters. The van der Waals surface area contributed by atoms with Crippen molar-refractivity contribution in [2.75, 3.05) is 6.54 Å². The average molecular weight is 268 g/mol. The van der Waals surface area contributed by atoms with E-state index in [2.05, 4.69) is 18.8 Å². The van der Waals surface area contributed by atoms with E-state index in [1.807, 2.05) is 15.9 Å². The summed E-state index contributed by atoms with van der Waals surface area (Å²) in [6, 6.07) is 0. The lowest BCUT2D eigenvalue weighted by atomic mass is 10.5. The van der Waals surface area contributed by atoms with Gasteiger partial charge < -0.3 is 0 Å². The van der Waals surface area contributed by atoms with Crippen molar-refractivity contribution in [2.45, 2.75) is 4.83 Å². The first kappa shape index (κ1) is 11.8. The van der Waals surface area contributed by atoms with Gasteiger partial charge in [-0.2, -0.15) is 8.78 Å². The lowest BCUT2D eigenvalue weighted by molar-refractivity contribution is 0.127. The first-order chi connectivity index (χ1) is 4.84. The van der Waals surface area contributed by atoms with Crippen LogP contribution in [0.4, 0.5) is 13.2 Å². The van der Waals surface area contributed by atoms with E-state index in [0.29, 0.717) is 0 Å². The first-order valence-corrected chi connectivity index (χ1v) is 4.36. The second kappa shape index (κ2) is 4.76. The van der Waals surface area contributed by atoms with E-state index in [0.717, 1.165) is 6.08 Å². The molecule has 0 aromatic rings. The zero-order chi connectivity index (χ0) is 9.07. The largest absolute Gasteiger partial charge is 0.351 e. The zero-order valence-electron chi connectivity index (χ0n) is 5.40. The van der Waals surface area contributed by atoms with Crippen LogP contribution < -0.4 is 0 Å². The summed E-state index contributed by atoms with van der Waals surface area (Å²) in [7, 11) is 4.38. The van der Waals surface area contributed by atoms with E-state index < -0.39 is 10.7 Å². The maximum atomic E-state index is 12.3. The number of rotatable bonds is 3. The highest BCUT2D eigenvalue weighted by atomic mass is 79.9. The van der Waals surface area contributed by atoms with Gasteiger partial charge in [0, 0.05) is 6.54 Å². The molecule has 0 aliphatic rings. The van der Waals surface area contributed by atoms with Crippen LogP contribution in [-0.2, 0) is 0 Å². The minimum atomic E-state index is -3.54. The molecular formula is C4H7BrF3NP2. The molecule has 66 valence electrons. The molecular weight excluding hydrogens is 261 g/mol. The van der Waals surface area contributed by atoms with Crippen molar-refractivity contribution in [1.29, 1.82) is 0 Å². The minimum absolute atomic E-state index is 0.0857. The fraction of sp³-hybridized carbons (Fsp3) is 0.500. The molecule has 0 aliphatic carbocycles. The molecule has 0 aromatic carbocycles. The van der Waals surface area contributed by atoms with Crippen LogP contribution in [0.25, 0.3) is 0 Å². The van der Waals surface area contributed by atoms with Crippen molar-refractivity contribution in [2.24, 2.45) is 0 Å². The predicted octanol–water partition coefficient (Wildman–Crippen LogP) is 2.71. The number of alkyl halides is 3. The Labute approximate surface area is 76.0 Å². The maximum Gasteiger partial charge on any atom is 0.351 e. The van der Waals surface area contributed by atoms with Gasteiger partial charge in [-0.15, -0.1) is 0 Å². The Hall–Kier alpha value is 0.830. The summed E-state index contributed by atoms with van der Waals surface area (Å²) < 4.78 is 37.7. The Balaban J connectivity index is 4.02. The Morgan fingerprint density at radius 2 is 2.00 bits per heavy atom. The van der Waals surface area contributed by atoms with Gasteiger partial charge in [0.1, 0.15) is 0 Å². The van der Waals surface area contributed by atoms with Crippen molar-refractivity contribution in [3.05, 3.63) is 11.9 Å². The highest BCUT2D eigenvalue weighted by Gasteiger charge is 2.30. The predicted molar refractivity (Wildman–Crippen MR) is 49.2 cm³/mol. The third-order valence-corrected chi connectivity index (χ3v) is 1.55. The molecule has 0 heterocycles. The molecule has 0 saturated heterocycles. The molecule has 0 aromatic heterocycles. The molecule has 0 fully saturated rings. The Kier molecular flexibility index (Phi) is 5.12. The standard InChI is InChI=1S/C4H7BrF3NP2/c5-4(7,8)3(6)1-2-9(10)11/h1H,2,10-11H2/b3-1-. The van der Waals surface area contributed by atoms with Gasteiger partial charge in [-0.05, 0) is 22.0 Å². The number of hydrogen-bond acceptors (Lipinski definition) is 1. The molecule has 7 heteroatoms. The highest BCUT2D eigenvalue weighted by molar-refractivity contribution is 9.10. The molecule has 11 heavy (non-hydrogen) atoms. The van der Waals surface area contributed by atoms with E-state index in [9.17, 15) is 13.2 Å². The summed E-state index contributed by atoms with van der Waals surface area (Å²) in [5, 5.41) is 0. The summed E-state index contributed by atoms with van der Waals surface area (Å²) in [5.74, 6) is -1.48. The number of halogens is 4. The quantitative estimate of drug-likeness (QED) is 0.562. The molecule has 0 N–H and O–H groups in total. The van der Waals surface area contributed by atoms with Crippen LogP contribution in [0.15, 0.2) is 11.9 Å². The van der Waals surface area contributed by atoms with Gasteiger partial charge in [0.25, 0.3) is 0 Å². The van der Waals surface area contributed by atoms with Crippen LogP contribution in [0.2, 0.25) is 0 Å². The van der Waals surface area contributed by atoms with E-state index >= 15 is 0 Å². The van der Waals surface area contributed by atoms with Crippen molar-refractivity contribution in [3.8, 4) is 0 Å². The normalized spacial score (nSPS) is 14.3. The second-order valence-corrected chi connectivity index (χ2v) is 4.67. The topological polar surface area (TPSA) is 3.24 Å². The van der Waals surface area contributed by atoms with Crippen LogP contribution in [0.1, 0.15) is 0 Å². The maximum absolute atomic E-state index is 12.3. The van der Waals surface area contributed by atoms with Crippen LogP contribution in [0, 0.1) is 0 Å². The molecule has 0 spiro atoms. The number of allylic oxidation sites excluding steroid dienone is 1. The van der Waals surface area contributed by atoms with Gasteiger partial charge in [-0.3, -0.25) is 4.44 Å². The molecule has 0 saturated carbocycles. The molecule has 0 radical (unpaired) electrons. The Morgan fingerprint density at radius 1 is 1.55 bits per heavy atom. The van der Waals surface area contributed by atoms with Gasteiger partial charge in [0.05, 0.1) is 0 Å². The van der Waals surface area contributed by atoms with Crippen molar-refractivity contribution < 1.29 is 13.2 Å². The molecule has 0 rings (SSSR count). The minimum Gasteiger partial charge on any atom is -0.268 e. The summed E-state index contributed by atoms with van der Waals surface area (Å²) in [6.45, 7) is 0.0857. The lowest BCUT2D eigenvalue weighted by Crippen LogP contribution is -2.07. The van der Waals surface area contributed by atoms with Gasteiger partial charge >= 0.3 is 4.83 Å². The van der Waals surface area contributed by atoms with Crippen LogP contribution >= 0.6 is 34.7 Å². The summed E-state index contributed by atoms with van der Waals surface area (Å²) in [6.07, 6.45) is 0.786. The molecule has 2 unspecified atom stereocenters. The monoisotopic (exact) mass is 267 g/mol. The SMILES string of the molecule is F/C(=C\CN(P)P)C(F)(F)Br. The molecule has 0 bridgehead atoms. The number of nitrogens with zero attached hydrogens (tertiary/aromatic N) is 1. The number of hydrogen-bond donors (Lipinski definition) is 0. The lowest BCUT2D eigenvalue weighted by Gasteiger charge is -2.07. The van der Waals surface area contributed by atoms with E-state index in [4.69, 9.17) is 0 Å². The Bertz CT molecular complexity index is 156. The van der Waals surface area contributed by atoms with Crippen LogP contribution in [-0.4, -0.2) is 15.8 Å². The summed E-state index contributed by atoms with van der Waals surface area (Å²) in [4.78, 5) is -3.54. The first-order valence-electron chi connectivity index (χ1n) is 2.54. The molecule has 1 nitrogen and oxygen atoms in total. The van der Waals surface area contributed by atoms with Gasteiger partial charge in [0.15, 0.2) is 5.83 Å². The smallest absolute Gasteiger partial charge is 0.268 e. The second-order valence-electron chi connectivity index (χ2n) is 1.75.